The van der Waals surface area contributed by atoms with Gasteiger partial charge in [-0.3, -0.25) is 4.79 Å². The highest BCUT2D eigenvalue weighted by atomic mass is 19.4. The summed E-state index contributed by atoms with van der Waals surface area (Å²) in [7, 11) is 2.47. The lowest BCUT2D eigenvalue weighted by Crippen LogP contribution is -2.46. The third-order valence-electron chi connectivity index (χ3n) is 4.26. The molecule has 148 valence electrons. The molecule has 0 saturated carbocycles. The highest BCUT2D eigenvalue weighted by Gasteiger charge is 2.58. The van der Waals surface area contributed by atoms with Crippen molar-refractivity contribution in [1.29, 1.82) is 0 Å². The number of carbonyl (C=O) groups is 1. The fourth-order valence-corrected chi connectivity index (χ4v) is 2.83. The average Bonchev–Trinajstić information content (AvgIpc) is 3.06. The van der Waals surface area contributed by atoms with E-state index in [4.69, 9.17) is 0 Å². The van der Waals surface area contributed by atoms with Gasteiger partial charge in [-0.05, 0) is 18.2 Å². The van der Waals surface area contributed by atoms with E-state index < -0.39 is 41.4 Å². The molecule has 0 aliphatic heterocycles. The number of halogens is 3. The second-order valence-corrected chi connectivity index (χ2v) is 6.13. The lowest BCUT2D eigenvalue weighted by molar-refractivity contribution is -0.270. The molecule has 1 atom stereocenters. The van der Waals surface area contributed by atoms with E-state index in [1.165, 1.54) is 38.6 Å². The van der Waals surface area contributed by atoms with Crippen molar-refractivity contribution in [3.63, 3.8) is 0 Å². The van der Waals surface area contributed by atoms with E-state index in [0.29, 0.717) is 0 Å². The van der Waals surface area contributed by atoms with Crippen LogP contribution in [0.3, 0.4) is 0 Å². The first-order chi connectivity index (χ1) is 13.1. The minimum Gasteiger partial charge on any atom is -0.465 e. The number of benzene rings is 1. The molecular formula is C17H15F3N4O4. The number of hydrogen-bond donors (Lipinski definition) is 2. The van der Waals surface area contributed by atoms with Gasteiger partial charge in [0.2, 0.25) is 5.60 Å². The van der Waals surface area contributed by atoms with Gasteiger partial charge in [0, 0.05) is 19.4 Å². The molecule has 0 aliphatic carbocycles. The molecule has 0 saturated heterocycles. The van der Waals surface area contributed by atoms with Crippen molar-refractivity contribution in [2.24, 2.45) is 7.05 Å². The van der Waals surface area contributed by atoms with Crippen molar-refractivity contribution in [3.05, 3.63) is 58.2 Å². The van der Waals surface area contributed by atoms with E-state index in [-0.39, 0.29) is 16.5 Å². The molecule has 2 N–H and O–H groups in total. The van der Waals surface area contributed by atoms with Crippen LogP contribution in [0, 0.1) is 0 Å². The SMILES string of the molecule is COC(=O)c1ccc2c(=O)[nH]c(CC(O)(c3nccn3C)C(F)(F)F)nc2c1. The molecule has 0 aliphatic rings. The molecule has 28 heavy (non-hydrogen) atoms. The Balaban J connectivity index is 2.13. The number of nitrogens with zero attached hydrogens (tertiary/aromatic N) is 3. The summed E-state index contributed by atoms with van der Waals surface area (Å²) in [6.45, 7) is 0. The van der Waals surface area contributed by atoms with Gasteiger partial charge in [-0.25, -0.2) is 14.8 Å². The number of fused-ring (bicyclic) bond motifs is 1. The fourth-order valence-electron chi connectivity index (χ4n) is 2.83. The lowest BCUT2D eigenvalue weighted by atomic mass is 9.97. The number of rotatable bonds is 4. The maximum Gasteiger partial charge on any atom is 0.425 e. The zero-order chi connectivity index (χ0) is 20.7. The molecule has 2 heterocycles. The number of aromatic nitrogens is 4. The van der Waals surface area contributed by atoms with Crippen molar-refractivity contribution in [2.75, 3.05) is 7.11 Å². The number of aliphatic hydroxyl groups is 1. The summed E-state index contributed by atoms with van der Waals surface area (Å²) in [6, 6.07) is 3.88. The lowest BCUT2D eigenvalue weighted by Gasteiger charge is -2.29. The van der Waals surface area contributed by atoms with E-state index in [1.54, 1.807) is 0 Å². The third-order valence-corrected chi connectivity index (χ3v) is 4.26. The Morgan fingerprint density at radius 3 is 2.64 bits per heavy atom. The Morgan fingerprint density at radius 1 is 1.36 bits per heavy atom. The number of methoxy groups -OCH3 is 1. The molecule has 0 spiro atoms. The summed E-state index contributed by atoms with van der Waals surface area (Å²) >= 11 is 0. The Morgan fingerprint density at radius 2 is 2.07 bits per heavy atom. The number of ether oxygens (including phenoxy) is 1. The average molecular weight is 396 g/mol. The highest BCUT2D eigenvalue weighted by molar-refractivity contribution is 5.93. The van der Waals surface area contributed by atoms with E-state index >= 15 is 0 Å². The molecule has 1 aromatic carbocycles. The van der Waals surface area contributed by atoms with E-state index in [9.17, 15) is 27.9 Å². The van der Waals surface area contributed by atoms with Gasteiger partial charge >= 0.3 is 12.1 Å². The number of aryl methyl sites for hydroxylation is 1. The molecule has 3 rings (SSSR count). The van der Waals surface area contributed by atoms with Gasteiger partial charge in [0.05, 0.1) is 30.0 Å². The molecule has 1 unspecified atom stereocenters. The summed E-state index contributed by atoms with van der Waals surface area (Å²) in [5, 5.41) is 10.5. The van der Waals surface area contributed by atoms with E-state index in [0.717, 1.165) is 10.8 Å². The minimum atomic E-state index is -5.09. The first kappa shape index (κ1) is 19.5. The van der Waals surface area contributed by atoms with Crippen molar-refractivity contribution >= 4 is 16.9 Å². The van der Waals surface area contributed by atoms with Crippen LogP contribution in [-0.4, -0.2) is 43.9 Å². The van der Waals surface area contributed by atoms with Crippen LogP contribution in [0.4, 0.5) is 13.2 Å². The van der Waals surface area contributed by atoms with Crippen molar-refractivity contribution < 1.29 is 27.8 Å². The molecule has 0 radical (unpaired) electrons. The number of imidazole rings is 1. The summed E-state index contributed by atoms with van der Waals surface area (Å²) in [4.78, 5) is 33.7. The number of alkyl halides is 3. The largest absolute Gasteiger partial charge is 0.465 e. The van der Waals surface area contributed by atoms with Gasteiger partial charge in [0.1, 0.15) is 5.82 Å². The van der Waals surface area contributed by atoms with Crippen LogP contribution in [0.25, 0.3) is 10.9 Å². The molecule has 0 fully saturated rings. The first-order valence-electron chi connectivity index (χ1n) is 7.95. The molecule has 2 aromatic heterocycles. The predicted octanol–water partition coefficient (Wildman–Crippen LogP) is 1.44. The quantitative estimate of drug-likeness (QED) is 0.646. The number of aromatic amines is 1. The van der Waals surface area contributed by atoms with Crippen LogP contribution in [-0.2, 0) is 23.8 Å². The molecule has 11 heteroatoms. The number of esters is 1. The Labute approximate surface area is 155 Å². The molecule has 0 bridgehead atoms. The van der Waals surface area contributed by atoms with Gasteiger partial charge in [0.25, 0.3) is 5.56 Å². The van der Waals surface area contributed by atoms with Crippen LogP contribution in [0.2, 0.25) is 0 Å². The highest BCUT2D eigenvalue weighted by Crippen LogP contribution is 2.40. The van der Waals surface area contributed by atoms with Gasteiger partial charge in [-0.1, -0.05) is 0 Å². The van der Waals surface area contributed by atoms with Crippen LogP contribution >= 0.6 is 0 Å². The number of carbonyl (C=O) groups excluding carboxylic acids is 1. The van der Waals surface area contributed by atoms with Gasteiger partial charge < -0.3 is 19.4 Å². The van der Waals surface area contributed by atoms with Crippen LogP contribution in [0.5, 0.6) is 0 Å². The Hall–Kier alpha value is -3.21. The summed E-state index contributed by atoms with van der Waals surface area (Å²) in [5.41, 5.74) is -4.02. The Bertz CT molecular complexity index is 1110. The second kappa shape index (κ2) is 6.75. The third kappa shape index (κ3) is 3.24. The smallest absolute Gasteiger partial charge is 0.425 e. The molecule has 0 amide bonds. The minimum absolute atomic E-state index is 0.00832. The van der Waals surface area contributed by atoms with Gasteiger partial charge in [0.15, 0.2) is 5.82 Å². The number of H-pyrrole nitrogens is 1. The monoisotopic (exact) mass is 396 g/mol. The molecule has 3 aromatic rings. The summed E-state index contributed by atoms with van der Waals surface area (Å²) < 4.78 is 46.6. The standard InChI is InChI=1S/C17H15F3N4O4/c1-24-6-5-21-15(24)16(27,17(18,19)20)8-12-22-11-7-9(14(26)28-2)3-4-10(11)13(25)23-12/h3-7,27H,8H2,1-2H3,(H,22,23,25). The second-order valence-electron chi connectivity index (χ2n) is 6.13. The maximum absolute atomic E-state index is 13.7. The molecular weight excluding hydrogens is 381 g/mol. The maximum atomic E-state index is 13.7. The zero-order valence-electron chi connectivity index (χ0n) is 14.7. The van der Waals surface area contributed by atoms with Crippen LogP contribution in [0.1, 0.15) is 22.0 Å². The van der Waals surface area contributed by atoms with Crippen LogP contribution < -0.4 is 5.56 Å². The predicted molar refractivity (Wildman–Crippen MR) is 90.6 cm³/mol. The first-order valence-corrected chi connectivity index (χ1v) is 7.95. The van der Waals surface area contributed by atoms with E-state index in [1.807, 2.05) is 0 Å². The van der Waals surface area contributed by atoms with Crippen LogP contribution in [0.15, 0.2) is 35.4 Å². The van der Waals surface area contributed by atoms with Gasteiger partial charge in [-0.2, -0.15) is 13.2 Å². The number of hydrogen-bond acceptors (Lipinski definition) is 6. The fraction of sp³-hybridized carbons (Fsp3) is 0.294. The van der Waals surface area contributed by atoms with Crippen molar-refractivity contribution in [2.45, 2.75) is 18.2 Å². The summed E-state index contributed by atoms with van der Waals surface area (Å²) in [5.74, 6) is -1.75. The van der Waals surface area contributed by atoms with E-state index in [2.05, 4.69) is 19.7 Å². The van der Waals surface area contributed by atoms with Crippen molar-refractivity contribution in [3.8, 4) is 0 Å². The van der Waals surface area contributed by atoms with Crippen molar-refractivity contribution in [1.82, 2.24) is 19.5 Å². The number of nitrogens with one attached hydrogen (secondary N) is 1. The Kier molecular flexibility index (Phi) is 4.71. The molecule has 8 nitrogen and oxygen atoms in total. The zero-order valence-corrected chi connectivity index (χ0v) is 14.7. The summed E-state index contributed by atoms with van der Waals surface area (Å²) in [6.07, 6.45) is -3.79. The topological polar surface area (TPSA) is 110 Å². The van der Waals surface area contributed by atoms with Gasteiger partial charge in [-0.15, -0.1) is 0 Å². The normalized spacial score (nSPS) is 14.1.